The summed E-state index contributed by atoms with van der Waals surface area (Å²) in [5, 5.41) is 10.8. The lowest BCUT2D eigenvalue weighted by atomic mass is 10.1. The zero-order chi connectivity index (χ0) is 21.3. The van der Waals surface area contributed by atoms with E-state index in [0.717, 1.165) is 4.68 Å². The van der Waals surface area contributed by atoms with E-state index < -0.39 is 17.3 Å². The number of carbonyl (C=O) groups is 1. The highest BCUT2D eigenvalue weighted by Crippen LogP contribution is 2.29. The van der Waals surface area contributed by atoms with Gasteiger partial charge in [0.05, 0.1) is 17.5 Å². The summed E-state index contributed by atoms with van der Waals surface area (Å²) in [7, 11) is 0. The van der Waals surface area contributed by atoms with Crippen molar-refractivity contribution >= 4 is 11.6 Å². The minimum absolute atomic E-state index is 0.325. The minimum Gasteiger partial charge on any atom is -0.463 e. The Labute approximate surface area is 169 Å². The molecule has 0 atom stereocenters. The maximum absolute atomic E-state index is 13.5. The molecule has 0 radical (unpaired) electrons. The van der Waals surface area contributed by atoms with Crippen molar-refractivity contribution < 1.29 is 18.1 Å². The van der Waals surface area contributed by atoms with Crippen LogP contribution in [-0.4, -0.2) is 20.8 Å². The van der Waals surface area contributed by atoms with Gasteiger partial charge in [0.25, 0.3) is 5.56 Å². The van der Waals surface area contributed by atoms with Crippen molar-refractivity contribution in [3.63, 3.8) is 0 Å². The summed E-state index contributed by atoms with van der Waals surface area (Å²) in [4.78, 5) is 25.1. The molecule has 4 rings (SSSR count). The van der Waals surface area contributed by atoms with Crippen molar-refractivity contribution in [2.75, 3.05) is 5.32 Å². The second-order valence-electron chi connectivity index (χ2n) is 6.72. The molecule has 0 bridgehead atoms. The van der Waals surface area contributed by atoms with Gasteiger partial charge in [0.2, 0.25) is 5.91 Å². The monoisotopic (exact) mass is 408 g/mol. The van der Waals surface area contributed by atoms with Gasteiger partial charge in [-0.15, -0.1) is 0 Å². The molecule has 152 valence electrons. The zero-order valence-electron chi connectivity index (χ0n) is 16.2. The van der Waals surface area contributed by atoms with E-state index in [2.05, 4.69) is 15.6 Å². The third-order valence-electron chi connectivity index (χ3n) is 4.41. The molecule has 1 aromatic carbocycles. The lowest BCUT2D eigenvalue weighted by molar-refractivity contribution is -0.117. The summed E-state index contributed by atoms with van der Waals surface area (Å²) in [6, 6.07) is 10.4. The second-order valence-corrected chi connectivity index (χ2v) is 6.72. The third kappa shape index (κ3) is 3.90. The molecule has 8 nitrogen and oxygen atoms in total. The van der Waals surface area contributed by atoms with E-state index in [9.17, 15) is 14.0 Å². The number of halogens is 1. The maximum Gasteiger partial charge on any atom is 0.268 e. The molecule has 1 amide bonds. The van der Waals surface area contributed by atoms with E-state index >= 15 is 0 Å². The van der Waals surface area contributed by atoms with Crippen LogP contribution in [0.4, 0.5) is 10.1 Å². The van der Waals surface area contributed by atoms with Gasteiger partial charge in [-0.2, -0.15) is 5.10 Å². The number of anilines is 1. The SMILES string of the molecule is Cc1cc(-c2cc(=O)n(CC(=O)Nc3cc(F)ccc3C)nc2-c2ccco2)on1. The van der Waals surface area contributed by atoms with Crippen molar-refractivity contribution in [1.82, 2.24) is 14.9 Å². The molecule has 30 heavy (non-hydrogen) atoms. The molecular formula is C21H17FN4O4. The third-order valence-corrected chi connectivity index (χ3v) is 4.41. The number of amides is 1. The normalized spacial score (nSPS) is 10.9. The number of aryl methyl sites for hydroxylation is 2. The van der Waals surface area contributed by atoms with Gasteiger partial charge in [0, 0.05) is 17.8 Å². The summed E-state index contributed by atoms with van der Waals surface area (Å²) >= 11 is 0. The van der Waals surface area contributed by atoms with Crippen molar-refractivity contribution in [2.45, 2.75) is 20.4 Å². The molecule has 0 unspecified atom stereocenters. The van der Waals surface area contributed by atoms with Crippen LogP contribution >= 0.6 is 0 Å². The number of benzene rings is 1. The molecular weight excluding hydrogens is 391 g/mol. The van der Waals surface area contributed by atoms with Gasteiger partial charge in [-0.1, -0.05) is 11.2 Å². The summed E-state index contributed by atoms with van der Waals surface area (Å²) in [5.74, 6) is -0.241. The Bertz CT molecular complexity index is 1270. The number of furan rings is 1. The molecule has 9 heteroatoms. The first-order valence-electron chi connectivity index (χ1n) is 9.06. The van der Waals surface area contributed by atoms with Crippen molar-refractivity contribution in [3.05, 3.63) is 76.2 Å². The topological polar surface area (TPSA) is 103 Å². The fraction of sp³-hybridized carbons (Fsp3) is 0.143. The molecule has 0 aliphatic rings. The first-order chi connectivity index (χ1) is 14.4. The average Bonchev–Trinajstić information content (AvgIpc) is 3.38. The van der Waals surface area contributed by atoms with E-state index in [1.54, 1.807) is 38.1 Å². The van der Waals surface area contributed by atoms with Crippen LogP contribution in [0.25, 0.3) is 22.8 Å². The lowest BCUT2D eigenvalue weighted by Gasteiger charge is -2.11. The van der Waals surface area contributed by atoms with E-state index in [-0.39, 0.29) is 6.54 Å². The standard InChI is InChI=1S/C21H17FN4O4/c1-12-5-6-14(22)9-16(12)23-19(27)11-26-20(28)10-15(18-8-13(2)25-30-18)21(24-26)17-4-3-7-29-17/h3-10H,11H2,1-2H3,(H,23,27). The first kappa shape index (κ1) is 19.3. The van der Waals surface area contributed by atoms with Gasteiger partial charge >= 0.3 is 0 Å². The van der Waals surface area contributed by atoms with Crippen LogP contribution in [-0.2, 0) is 11.3 Å². The van der Waals surface area contributed by atoms with Crippen molar-refractivity contribution in [2.24, 2.45) is 0 Å². The number of nitrogens with zero attached hydrogens (tertiary/aromatic N) is 3. The quantitative estimate of drug-likeness (QED) is 0.542. The molecule has 1 N–H and O–H groups in total. The van der Waals surface area contributed by atoms with Crippen LogP contribution in [0.1, 0.15) is 11.3 Å². The number of hydrogen-bond acceptors (Lipinski definition) is 6. The summed E-state index contributed by atoms with van der Waals surface area (Å²) in [6.07, 6.45) is 1.47. The molecule has 0 spiro atoms. The second kappa shape index (κ2) is 7.78. The summed E-state index contributed by atoms with van der Waals surface area (Å²) < 4.78 is 25.2. The number of hydrogen-bond donors (Lipinski definition) is 1. The molecule has 0 aliphatic heterocycles. The smallest absolute Gasteiger partial charge is 0.268 e. The Morgan fingerprint density at radius 3 is 2.70 bits per heavy atom. The number of carbonyl (C=O) groups excluding carboxylic acids is 1. The van der Waals surface area contributed by atoms with Crippen LogP contribution in [0.15, 0.2) is 62.5 Å². The summed E-state index contributed by atoms with van der Waals surface area (Å²) in [5.41, 5.74) is 1.87. The summed E-state index contributed by atoms with van der Waals surface area (Å²) in [6.45, 7) is 3.13. The first-order valence-corrected chi connectivity index (χ1v) is 9.06. The maximum atomic E-state index is 13.5. The molecule has 0 saturated heterocycles. The number of rotatable bonds is 5. The minimum atomic E-state index is -0.521. The van der Waals surface area contributed by atoms with Crippen LogP contribution in [0.3, 0.4) is 0 Å². The predicted molar refractivity (Wildman–Crippen MR) is 106 cm³/mol. The highest BCUT2D eigenvalue weighted by atomic mass is 19.1. The Morgan fingerprint density at radius 2 is 2.00 bits per heavy atom. The van der Waals surface area contributed by atoms with Crippen molar-refractivity contribution in [3.8, 4) is 22.8 Å². The molecule has 0 fully saturated rings. The molecule has 4 aromatic rings. The van der Waals surface area contributed by atoms with Crippen LogP contribution in [0.2, 0.25) is 0 Å². The van der Waals surface area contributed by atoms with Gasteiger partial charge in [0.15, 0.2) is 11.5 Å². The Hall–Kier alpha value is -4.01. The Kier molecular flexibility index (Phi) is 5.01. The molecule has 0 saturated carbocycles. The highest BCUT2D eigenvalue weighted by molar-refractivity contribution is 5.91. The van der Waals surface area contributed by atoms with Gasteiger partial charge in [-0.3, -0.25) is 9.59 Å². The van der Waals surface area contributed by atoms with Crippen LogP contribution in [0.5, 0.6) is 0 Å². The molecule has 3 aromatic heterocycles. The highest BCUT2D eigenvalue weighted by Gasteiger charge is 2.19. The Balaban J connectivity index is 1.69. The predicted octanol–water partition coefficient (Wildman–Crippen LogP) is 3.55. The number of nitrogens with one attached hydrogen (secondary N) is 1. The van der Waals surface area contributed by atoms with E-state index in [1.165, 1.54) is 24.5 Å². The van der Waals surface area contributed by atoms with Crippen LogP contribution in [0, 0.1) is 19.7 Å². The largest absolute Gasteiger partial charge is 0.463 e. The fourth-order valence-corrected chi connectivity index (χ4v) is 2.93. The van der Waals surface area contributed by atoms with Gasteiger partial charge in [-0.25, -0.2) is 9.07 Å². The number of aromatic nitrogens is 3. The zero-order valence-corrected chi connectivity index (χ0v) is 16.2. The van der Waals surface area contributed by atoms with Crippen LogP contribution < -0.4 is 10.9 Å². The average molecular weight is 408 g/mol. The van der Waals surface area contributed by atoms with E-state index in [4.69, 9.17) is 8.94 Å². The Morgan fingerprint density at radius 1 is 1.17 bits per heavy atom. The van der Waals surface area contributed by atoms with Gasteiger partial charge < -0.3 is 14.3 Å². The fourth-order valence-electron chi connectivity index (χ4n) is 2.93. The lowest BCUT2D eigenvalue weighted by Crippen LogP contribution is -2.30. The molecule has 3 heterocycles. The van der Waals surface area contributed by atoms with E-state index in [0.29, 0.717) is 39.7 Å². The van der Waals surface area contributed by atoms with E-state index in [1.807, 2.05) is 0 Å². The van der Waals surface area contributed by atoms with Crippen molar-refractivity contribution in [1.29, 1.82) is 0 Å². The van der Waals surface area contributed by atoms with Gasteiger partial charge in [-0.05, 0) is 43.7 Å². The van der Waals surface area contributed by atoms with Gasteiger partial charge in [0.1, 0.15) is 18.1 Å². The molecule has 0 aliphatic carbocycles.